The molecule has 2 atom stereocenters. The maximum atomic E-state index is 6.82. The molecule has 0 saturated carbocycles. The summed E-state index contributed by atoms with van der Waals surface area (Å²) in [6, 6.07) is 23.1. The summed E-state index contributed by atoms with van der Waals surface area (Å²) in [6.45, 7) is 0. The van der Waals surface area contributed by atoms with Crippen molar-refractivity contribution in [1.82, 2.24) is 0 Å². The van der Waals surface area contributed by atoms with Crippen molar-refractivity contribution in [1.29, 1.82) is 0 Å². The molecule has 4 rings (SSSR count). The standard InChI is InChI=1S/C28H31ClO3Se/c1-30-21-17-25(31-2)27(26(18-21)32-3)22(20-11-5-4-6-12-20)19-28(15-9-10-16-33-28)23-13-7-8-14-24(23)29/h4-8,11-14,17-18,22H,9-10,15-16,19H2,1-3H3. The molecule has 33 heavy (non-hydrogen) atoms. The summed E-state index contributed by atoms with van der Waals surface area (Å²) in [7, 11) is 5.10. The van der Waals surface area contributed by atoms with Crippen molar-refractivity contribution in [2.75, 3.05) is 21.3 Å². The van der Waals surface area contributed by atoms with Crippen LogP contribution in [0.25, 0.3) is 0 Å². The summed E-state index contributed by atoms with van der Waals surface area (Å²) in [5.74, 6) is 2.40. The second-order valence-electron chi connectivity index (χ2n) is 8.39. The van der Waals surface area contributed by atoms with Gasteiger partial charge in [-0.25, -0.2) is 0 Å². The number of hydrogen-bond donors (Lipinski definition) is 0. The molecular weight excluding hydrogens is 499 g/mol. The van der Waals surface area contributed by atoms with E-state index in [9.17, 15) is 0 Å². The predicted molar refractivity (Wildman–Crippen MR) is 137 cm³/mol. The molecule has 0 aromatic heterocycles. The normalized spacial score (nSPS) is 19.0. The third-order valence-corrected chi connectivity index (χ3v) is 10.3. The van der Waals surface area contributed by atoms with Crippen LogP contribution in [0.4, 0.5) is 0 Å². The molecule has 1 aliphatic rings. The molecule has 3 nitrogen and oxygen atoms in total. The van der Waals surface area contributed by atoms with Crippen molar-refractivity contribution in [2.24, 2.45) is 0 Å². The van der Waals surface area contributed by atoms with Crippen LogP contribution in [-0.4, -0.2) is 36.3 Å². The second kappa shape index (κ2) is 10.9. The third kappa shape index (κ3) is 5.04. The second-order valence-corrected chi connectivity index (χ2v) is 11.9. The molecule has 0 N–H and O–H groups in total. The molecule has 1 heterocycles. The van der Waals surface area contributed by atoms with Crippen LogP contribution in [0.2, 0.25) is 10.3 Å². The first-order chi connectivity index (χ1) is 16.1. The van der Waals surface area contributed by atoms with Crippen LogP contribution in [0.3, 0.4) is 0 Å². The van der Waals surface area contributed by atoms with E-state index in [1.165, 1.54) is 29.3 Å². The summed E-state index contributed by atoms with van der Waals surface area (Å²) in [4.78, 5) is 0. The van der Waals surface area contributed by atoms with Gasteiger partial charge >= 0.3 is 209 Å². The van der Waals surface area contributed by atoms with Gasteiger partial charge in [-0.1, -0.05) is 0 Å². The number of benzene rings is 3. The van der Waals surface area contributed by atoms with Crippen LogP contribution in [-0.2, 0) is 4.31 Å². The Morgan fingerprint density at radius 3 is 2.12 bits per heavy atom. The van der Waals surface area contributed by atoms with Crippen molar-refractivity contribution in [3.8, 4) is 17.2 Å². The molecule has 3 aromatic carbocycles. The third-order valence-electron chi connectivity index (χ3n) is 6.56. The fourth-order valence-corrected chi connectivity index (χ4v) is 8.84. The summed E-state index contributed by atoms with van der Waals surface area (Å²) in [5, 5.41) is 2.15. The van der Waals surface area contributed by atoms with E-state index in [4.69, 9.17) is 25.8 Å². The minimum absolute atomic E-state index is 0.0556. The summed E-state index contributed by atoms with van der Waals surface area (Å²) in [6.07, 6.45) is 4.64. The van der Waals surface area contributed by atoms with Crippen LogP contribution in [0, 0.1) is 0 Å². The number of methoxy groups -OCH3 is 3. The van der Waals surface area contributed by atoms with Gasteiger partial charge in [0.1, 0.15) is 0 Å². The average Bonchev–Trinajstić information content (AvgIpc) is 2.88. The van der Waals surface area contributed by atoms with E-state index in [-0.39, 0.29) is 10.2 Å². The molecule has 0 spiro atoms. The van der Waals surface area contributed by atoms with Crippen molar-refractivity contribution in [3.05, 3.63) is 88.4 Å². The Labute approximate surface area is 208 Å². The van der Waals surface area contributed by atoms with Crippen molar-refractivity contribution >= 4 is 26.6 Å². The van der Waals surface area contributed by atoms with Gasteiger partial charge in [0.2, 0.25) is 0 Å². The molecule has 1 saturated heterocycles. The van der Waals surface area contributed by atoms with Crippen molar-refractivity contribution < 1.29 is 14.2 Å². The van der Waals surface area contributed by atoms with Gasteiger partial charge in [0.15, 0.2) is 0 Å². The molecule has 1 aliphatic heterocycles. The van der Waals surface area contributed by atoms with Crippen LogP contribution in [0.15, 0.2) is 66.7 Å². The van der Waals surface area contributed by atoms with Crippen LogP contribution in [0.5, 0.6) is 17.2 Å². The zero-order valence-corrected chi connectivity index (χ0v) is 21.9. The van der Waals surface area contributed by atoms with Crippen molar-refractivity contribution in [3.63, 3.8) is 0 Å². The van der Waals surface area contributed by atoms with Gasteiger partial charge < -0.3 is 0 Å². The van der Waals surface area contributed by atoms with Gasteiger partial charge in [-0.15, -0.1) is 0 Å². The SMILES string of the molecule is COc1cc(OC)c(C(CC2(c3ccccc3Cl)CCCC[Se]2)c2ccccc2)c(OC)c1. The molecule has 0 aliphatic carbocycles. The van der Waals surface area contributed by atoms with E-state index in [1.807, 2.05) is 24.3 Å². The molecule has 0 bridgehead atoms. The number of halogens is 1. The molecular formula is C28H31ClO3Se. The molecule has 5 heteroatoms. The summed E-state index contributed by atoms with van der Waals surface area (Å²) < 4.78 is 17.4. The molecule has 3 aromatic rings. The number of rotatable bonds is 8. The first-order valence-electron chi connectivity index (χ1n) is 11.4. The van der Waals surface area contributed by atoms with Gasteiger partial charge in [0, 0.05) is 0 Å². The molecule has 174 valence electrons. The van der Waals surface area contributed by atoms with Gasteiger partial charge in [-0.2, -0.15) is 0 Å². The topological polar surface area (TPSA) is 27.7 Å². The fourth-order valence-electron chi connectivity index (χ4n) is 4.94. The van der Waals surface area contributed by atoms with E-state index in [0.29, 0.717) is 15.0 Å². The Hall–Kier alpha value is -2.13. The first kappa shape index (κ1) is 24.0. The van der Waals surface area contributed by atoms with E-state index < -0.39 is 0 Å². The van der Waals surface area contributed by atoms with Gasteiger partial charge in [0.05, 0.1) is 0 Å². The molecule has 2 unspecified atom stereocenters. The van der Waals surface area contributed by atoms with Crippen LogP contribution < -0.4 is 14.2 Å². The summed E-state index contributed by atoms with van der Waals surface area (Å²) in [5.41, 5.74) is 3.62. The van der Waals surface area contributed by atoms with E-state index in [0.717, 1.165) is 40.7 Å². The zero-order chi connectivity index (χ0) is 23.3. The molecule has 0 radical (unpaired) electrons. The Morgan fingerprint density at radius 1 is 0.879 bits per heavy atom. The van der Waals surface area contributed by atoms with Gasteiger partial charge in [0.25, 0.3) is 0 Å². The maximum absolute atomic E-state index is 6.82. The van der Waals surface area contributed by atoms with Crippen LogP contribution >= 0.6 is 11.6 Å². The Bertz CT molecular complexity index is 1040. The Balaban J connectivity index is 1.90. The van der Waals surface area contributed by atoms with E-state index in [1.54, 1.807) is 21.3 Å². The zero-order valence-electron chi connectivity index (χ0n) is 19.5. The predicted octanol–water partition coefficient (Wildman–Crippen LogP) is 7.09. The van der Waals surface area contributed by atoms with E-state index >= 15 is 0 Å². The molecule has 0 amide bonds. The monoisotopic (exact) mass is 530 g/mol. The van der Waals surface area contributed by atoms with Crippen molar-refractivity contribution in [2.45, 2.75) is 41.2 Å². The fraction of sp³-hybridized carbons (Fsp3) is 0.357. The number of ether oxygens (including phenoxy) is 3. The van der Waals surface area contributed by atoms with E-state index in [2.05, 4.69) is 42.5 Å². The number of hydrogen-bond acceptors (Lipinski definition) is 3. The van der Waals surface area contributed by atoms with Crippen LogP contribution in [0.1, 0.15) is 48.3 Å². The van der Waals surface area contributed by atoms with Gasteiger partial charge in [-0.3, -0.25) is 0 Å². The molecule has 1 fully saturated rings. The summed E-state index contributed by atoms with van der Waals surface area (Å²) >= 11 is 7.26. The first-order valence-corrected chi connectivity index (χ1v) is 13.8. The Kier molecular flexibility index (Phi) is 7.90. The average molecular weight is 530 g/mol. The quantitative estimate of drug-likeness (QED) is 0.292. The van der Waals surface area contributed by atoms with Gasteiger partial charge in [-0.05, 0) is 0 Å². The minimum atomic E-state index is 0.0556. The Morgan fingerprint density at radius 2 is 1.55 bits per heavy atom.